The van der Waals surface area contributed by atoms with Crippen molar-refractivity contribution in [1.82, 2.24) is 14.9 Å². The number of benzene rings is 2. The van der Waals surface area contributed by atoms with Gasteiger partial charge in [-0.1, -0.05) is 54.6 Å². The number of nitrogens with one attached hydrogen (secondary N) is 2. The zero-order valence-electron chi connectivity index (χ0n) is 18.9. The minimum atomic E-state index is -0.798. The van der Waals surface area contributed by atoms with Crippen LogP contribution in [0.5, 0.6) is 0 Å². The van der Waals surface area contributed by atoms with Crippen LogP contribution >= 0.6 is 0 Å². The Labute approximate surface area is 198 Å². The molecule has 1 aliphatic heterocycles. The predicted octanol–water partition coefficient (Wildman–Crippen LogP) is 4.20. The highest BCUT2D eigenvalue weighted by atomic mass is 16.5. The van der Waals surface area contributed by atoms with Gasteiger partial charge in [-0.2, -0.15) is 5.26 Å². The number of aliphatic hydroxyl groups excluding tert-OH is 1. The van der Waals surface area contributed by atoms with Gasteiger partial charge in [-0.3, -0.25) is 9.88 Å². The molecule has 4 atom stereocenters. The van der Waals surface area contributed by atoms with E-state index in [2.05, 4.69) is 38.4 Å². The highest BCUT2D eigenvalue weighted by molar-refractivity contribution is 5.95. The van der Waals surface area contributed by atoms with E-state index in [-0.39, 0.29) is 12.1 Å². The molecule has 172 valence electrons. The van der Waals surface area contributed by atoms with Crippen LogP contribution in [0, 0.1) is 11.3 Å². The van der Waals surface area contributed by atoms with Gasteiger partial charge < -0.3 is 20.1 Å². The summed E-state index contributed by atoms with van der Waals surface area (Å²) in [5, 5.41) is 24.4. The molecule has 1 aliphatic rings. The third-order valence-electron chi connectivity index (χ3n) is 6.24. The van der Waals surface area contributed by atoms with E-state index in [0.717, 1.165) is 23.1 Å². The number of nitriles is 1. The van der Waals surface area contributed by atoms with Crippen LogP contribution in [0.3, 0.4) is 0 Å². The topological polar surface area (TPSA) is 97.2 Å². The van der Waals surface area contributed by atoms with E-state index in [1.807, 2.05) is 60.7 Å². The number of rotatable bonds is 8. The van der Waals surface area contributed by atoms with Gasteiger partial charge in [-0.15, -0.1) is 0 Å². The molecule has 0 aliphatic carbocycles. The second kappa shape index (κ2) is 9.65. The van der Waals surface area contributed by atoms with E-state index in [0.29, 0.717) is 17.9 Å². The number of aromatic amines is 1. The minimum Gasteiger partial charge on any atom is -0.389 e. The molecule has 2 aromatic carbocycles. The number of ether oxygens (including phenoxy) is 1. The molecule has 0 radical (unpaired) electrons. The third-order valence-corrected chi connectivity index (χ3v) is 6.24. The number of hydrogen-bond acceptors (Lipinski definition) is 6. The summed E-state index contributed by atoms with van der Waals surface area (Å²) in [5.74, 6) is 0. The molecule has 3 N–H and O–H groups in total. The lowest BCUT2D eigenvalue weighted by molar-refractivity contribution is -0.154. The van der Waals surface area contributed by atoms with Crippen molar-refractivity contribution in [2.75, 3.05) is 11.9 Å². The van der Waals surface area contributed by atoms with Crippen molar-refractivity contribution < 1.29 is 9.84 Å². The summed E-state index contributed by atoms with van der Waals surface area (Å²) >= 11 is 0. The SMILES string of the molecule is CC(O)C(Nc1c(C#N)[nH]c2ccccc12)OC1CN(Cc2ccccc2)C1c1ccccn1. The number of likely N-dealkylation sites (tertiary alicyclic amines) is 1. The molecule has 0 bridgehead atoms. The van der Waals surface area contributed by atoms with Crippen LogP contribution in [0.2, 0.25) is 0 Å². The Bertz CT molecular complexity index is 1280. The predicted molar refractivity (Wildman–Crippen MR) is 131 cm³/mol. The average Bonchev–Trinajstić information content (AvgIpc) is 3.21. The van der Waals surface area contributed by atoms with Crippen molar-refractivity contribution in [3.8, 4) is 6.07 Å². The molecule has 7 heteroatoms. The van der Waals surface area contributed by atoms with Crippen LogP contribution in [0.15, 0.2) is 79.0 Å². The third kappa shape index (κ3) is 4.39. The lowest BCUT2D eigenvalue weighted by Crippen LogP contribution is -2.57. The number of para-hydroxylation sites is 1. The maximum Gasteiger partial charge on any atom is 0.154 e. The summed E-state index contributed by atoms with van der Waals surface area (Å²) in [4.78, 5) is 10.0. The molecule has 5 rings (SSSR count). The Kier molecular flexibility index (Phi) is 6.28. The maximum atomic E-state index is 10.6. The fraction of sp³-hybridized carbons (Fsp3) is 0.259. The zero-order valence-corrected chi connectivity index (χ0v) is 18.9. The molecule has 3 heterocycles. The van der Waals surface area contributed by atoms with Crippen LogP contribution in [0.1, 0.15) is 29.9 Å². The van der Waals surface area contributed by atoms with E-state index in [1.54, 1.807) is 13.1 Å². The molecular formula is C27H27N5O2. The molecule has 7 nitrogen and oxygen atoms in total. The van der Waals surface area contributed by atoms with Crippen molar-refractivity contribution >= 4 is 16.6 Å². The van der Waals surface area contributed by atoms with Crippen LogP contribution < -0.4 is 5.32 Å². The standard InChI is InChI=1S/C27H27N5O2/c1-18(33)27(31-25-20-11-5-6-12-21(20)30-23(25)15-28)34-24-17-32(16-19-9-3-2-4-10-19)26(24)22-13-7-8-14-29-22/h2-14,18,24,26-27,30-31,33H,16-17H2,1H3. The summed E-state index contributed by atoms with van der Waals surface area (Å²) in [7, 11) is 0. The van der Waals surface area contributed by atoms with Gasteiger partial charge in [0.25, 0.3) is 0 Å². The monoisotopic (exact) mass is 453 g/mol. The fourth-order valence-electron chi connectivity index (χ4n) is 4.54. The largest absolute Gasteiger partial charge is 0.389 e. The highest BCUT2D eigenvalue weighted by Gasteiger charge is 2.43. The van der Waals surface area contributed by atoms with Gasteiger partial charge in [0.05, 0.1) is 29.6 Å². The minimum absolute atomic E-state index is 0.0390. The lowest BCUT2D eigenvalue weighted by Gasteiger charge is -2.48. The zero-order chi connectivity index (χ0) is 23.5. The molecule has 0 spiro atoms. The Morgan fingerprint density at radius 3 is 2.65 bits per heavy atom. The number of H-pyrrole nitrogens is 1. The molecule has 34 heavy (non-hydrogen) atoms. The van der Waals surface area contributed by atoms with E-state index in [9.17, 15) is 10.4 Å². The van der Waals surface area contributed by atoms with Gasteiger partial charge >= 0.3 is 0 Å². The Morgan fingerprint density at radius 1 is 1.15 bits per heavy atom. The first kappa shape index (κ1) is 22.1. The lowest BCUT2D eigenvalue weighted by atomic mass is 9.94. The van der Waals surface area contributed by atoms with E-state index >= 15 is 0 Å². The summed E-state index contributed by atoms with van der Waals surface area (Å²) in [6.07, 6.45) is 0.136. The van der Waals surface area contributed by atoms with Gasteiger partial charge in [0, 0.05) is 30.2 Å². The molecule has 0 amide bonds. The first-order chi connectivity index (χ1) is 16.6. The first-order valence-corrected chi connectivity index (χ1v) is 11.4. The van der Waals surface area contributed by atoms with Crippen LogP contribution in [0.4, 0.5) is 5.69 Å². The number of nitrogens with zero attached hydrogens (tertiary/aromatic N) is 3. The van der Waals surface area contributed by atoms with Gasteiger partial charge in [0.15, 0.2) is 6.23 Å². The number of aliphatic hydroxyl groups is 1. The van der Waals surface area contributed by atoms with Crippen LogP contribution in [-0.4, -0.2) is 45.0 Å². The second-order valence-electron chi connectivity index (χ2n) is 8.63. The molecular weight excluding hydrogens is 426 g/mol. The summed E-state index contributed by atoms with van der Waals surface area (Å²) < 4.78 is 6.44. The van der Waals surface area contributed by atoms with Crippen molar-refractivity contribution in [3.05, 3.63) is 95.9 Å². The molecule has 4 aromatic rings. The van der Waals surface area contributed by atoms with Crippen molar-refractivity contribution in [3.63, 3.8) is 0 Å². The number of pyridine rings is 1. The Hall–Kier alpha value is -3.70. The van der Waals surface area contributed by atoms with E-state index in [1.165, 1.54) is 5.56 Å². The summed E-state index contributed by atoms with van der Waals surface area (Å²) in [5.41, 5.74) is 4.07. The number of hydrogen-bond donors (Lipinski definition) is 3. The van der Waals surface area contributed by atoms with Crippen LogP contribution in [-0.2, 0) is 11.3 Å². The highest BCUT2D eigenvalue weighted by Crippen LogP contribution is 2.37. The normalized spacial score (nSPS) is 19.8. The van der Waals surface area contributed by atoms with Gasteiger partial charge in [0.1, 0.15) is 11.8 Å². The quantitative estimate of drug-likeness (QED) is 0.346. The molecule has 2 aromatic heterocycles. The Morgan fingerprint density at radius 2 is 1.91 bits per heavy atom. The summed E-state index contributed by atoms with van der Waals surface area (Å²) in [6.45, 7) is 3.19. The number of fused-ring (bicyclic) bond motifs is 1. The van der Waals surface area contributed by atoms with Crippen molar-refractivity contribution in [1.29, 1.82) is 5.26 Å². The van der Waals surface area contributed by atoms with Gasteiger partial charge in [-0.25, -0.2) is 0 Å². The maximum absolute atomic E-state index is 10.6. The van der Waals surface area contributed by atoms with Crippen molar-refractivity contribution in [2.24, 2.45) is 0 Å². The van der Waals surface area contributed by atoms with Crippen molar-refractivity contribution in [2.45, 2.75) is 37.9 Å². The average molecular weight is 454 g/mol. The van der Waals surface area contributed by atoms with E-state index in [4.69, 9.17) is 4.74 Å². The summed E-state index contributed by atoms with van der Waals surface area (Å²) in [6, 6.07) is 26.1. The Balaban J connectivity index is 1.38. The molecule has 1 saturated heterocycles. The number of anilines is 1. The van der Waals surface area contributed by atoms with Crippen LogP contribution in [0.25, 0.3) is 10.9 Å². The van der Waals surface area contributed by atoms with E-state index < -0.39 is 12.3 Å². The first-order valence-electron chi connectivity index (χ1n) is 11.4. The van der Waals surface area contributed by atoms with Gasteiger partial charge in [0.2, 0.25) is 0 Å². The molecule has 4 unspecified atom stereocenters. The molecule has 0 saturated carbocycles. The second-order valence-corrected chi connectivity index (χ2v) is 8.63. The fourth-order valence-corrected chi connectivity index (χ4v) is 4.54. The number of aromatic nitrogens is 2. The van der Waals surface area contributed by atoms with Gasteiger partial charge in [-0.05, 0) is 30.7 Å². The molecule has 1 fully saturated rings. The smallest absolute Gasteiger partial charge is 0.154 e.